The molecule has 0 amide bonds. The fourth-order valence-electron chi connectivity index (χ4n) is 0. The van der Waals surface area contributed by atoms with Crippen LogP contribution in [0.5, 0.6) is 0 Å². The predicted octanol–water partition coefficient (Wildman–Crippen LogP) is 1.64. The van der Waals surface area contributed by atoms with Gasteiger partial charge in [-0.1, -0.05) is 11.6 Å². The standard InChI is InChI=1S/C3H5ClO/c1-3(5)2-4/h2,5H,1H3. The minimum atomic E-state index is 0.145. The third-order valence-corrected chi connectivity index (χ3v) is 0.474. The number of hydrogen-bond acceptors (Lipinski definition) is 1. The van der Waals surface area contributed by atoms with Crippen LogP contribution in [0.3, 0.4) is 0 Å². The van der Waals surface area contributed by atoms with E-state index in [9.17, 15) is 0 Å². The maximum atomic E-state index is 8.09. The molecule has 0 aliphatic rings. The van der Waals surface area contributed by atoms with Crippen molar-refractivity contribution in [2.75, 3.05) is 0 Å². The minimum absolute atomic E-state index is 0.145. The lowest BCUT2D eigenvalue weighted by Crippen LogP contribution is -1.58. The number of aliphatic hydroxyl groups is 1. The summed E-state index contributed by atoms with van der Waals surface area (Å²) in [4.78, 5) is 0. The van der Waals surface area contributed by atoms with Crippen LogP contribution < -0.4 is 0 Å². The van der Waals surface area contributed by atoms with Gasteiger partial charge in [0, 0.05) is 5.54 Å². The minimum Gasteiger partial charge on any atom is -0.512 e. The number of aliphatic hydroxyl groups excluding tert-OH is 1. The van der Waals surface area contributed by atoms with Crippen molar-refractivity contribution in [3.63, 3.8) is 0 Å². The van der Waals surface area contributed by atoms with Crippen LogP contribution in [0.1, 0.15) is 6.92 Å². The zero-order chi connectivity index (χ0) is 4.28. The summed E-state index contributed by atoms with van der Waals surface area (Å²) in [7, 11) is 0. The summed E-state index contributed by atoms with van der Waals surface area (Å²) in [6.45, 7) is 1.51. The first-order chi connectivity index (χ1) is 2.27. The molecule has 1 nitrogen and oxygen atoms in total. The zero-order valence-corrected chi connectivity index (χ0v) is 3.66. The van der Waals surface area contributed by atoms with Crippen LogP contribution >= 0.6 is 11.6 Å². The van der Waals surface area contributed by atoms with Crippen LogP contribution in [-0.4, -0.2) is 5.11 Å². The Hall–Kier alpha value is -0.170. The summed E-state index contributed by atoms with van der Waals surface area (Å²) in [5.74, 6) is 0.145. The first-order valence-electron chi connectivity index (χ1n) is 1.23. The molecular weight excluding hydrogens is 87.5 g/mol. The van der Waals surface area contributed by atoms with Crippen LogP contribution in [0.4, 0.5) is 0 Å². The molecule has 2 heteroatoms. The van der Waals surface area contributed by atoms with Crippen LogP contribution in [0.25, 0.3) is 0 Å². The van der Waals surface area contributed by atoms with E-state index in [2.05, 4.69) is 0 Å². The smallest absolute Gasteiger partial charge is 0.100 e. The van der Waals surface area contributed by atoms with Gasteiger partial charge in [0.15, 0.2) is 0 Å². The molecule has 0 aromatic rings. The van der Waals surface area contributed by atoms with E-state index in [4.69, 9.17) is 16.7 Å². The van der Waals surface area contributed by atoms with Crippen LogP contribution in [0.2, 0.25) is 0 Å². The Bertz CT molecular complexity index is 44.9. The van der Waals surface area contributed by atoms with E-state index >= 15 is 0 Å². The first kappa shape index (κ1) is 4.83. The molecule has 0 saturated carbocycles. The van der Waals surface area contributed by atoms with Gasteiger partial charge in [-0.3, -0.25) is 0 Å². The molecule has 0 aliphatic carbocycles. The highest BCUT2D eigenvalue weighted by atomic mass is 35.5. The lowest BCUT2D eigenvalue weighted by atomic mass is 10.7. The molecule has 0 aliphatic heterocycles. The quantitative estimate of drug-likeness (QED) is 0.451. The fourth-order valence-corrected chi connectivity index (χ4v) is 0. The van der Waals surface area contributed by atoms with Gasteiger partial charge in [-0.2, -0.15) is 0 Å². The normalized spacial score (nSPS) is 12.0. The molecule has 1 N–H and O–H groups in total. The Labute approximate surface area is 35.9 Å². The van der Waals surface area contributed by atoms with Gasteiger partial charge in [-0.05, 0) is 6.92 Å². The van der Waals surface area contributed by atoms with Crippen molar-refractivity contribution in [2.45, 2.75) is 6.92 Å². The van der Waals surface area contributed by atoms with Gasteiger partial charge in [0.2, 0.25) is 0 Å². The largest absolute Gasteiger partial charge is 0.512 e. The molecular formula is C3H5ClO. The van der Waals surface area contributed by atoms with Gasteiger partial charge in [-0.15, -0.1) is 0 Å². The lowest BCUT2D eigenvalue weighted by Gasteiger charge is -1.73. The number of halogens is 1. The lowest BCUT2D eigenvalue weighted by molar-refractivity contribution is 0.416. The van der Waals surface area contributed by atoms with Gasteiger partial charge < -0.3 is 5.11 Å². The summed E-state index contributed by atoms with van der Waals surface area (Å²) < 4.78 is 0. The topological polar surface area (TPSA) is 20.2 Å². The molecule has 0 unspecified atom stereocenters. The van der Waals surface area contributed by atoms with Gasteiger partial charge in [0.25, 0.3) is 0 Å². The van der Waals surface area contributed by atoms with Gasteiger partial charge >= 0.3 is 0 Å². The second-order valence-corrected chi connectivity index (χ2v) is 0.969. The van der Waals surface area contributed by atoms with Crippen molar-refractivity contribution in [1.82, 2.24) is 0 Å². The summed E-state index contributed by atoms with van der Waals surface area (Å²) >= 11 is 4.92. The summed E-state index contributed by atoms with van der Waals surface area (Å²) in [6, 6.07) is 0. The van der Waals surface area contributed by atoms with Crippen molar-refractivity contribution in [3.8, 4) is 0 Å². The molecule has 0 fully saturated rings. The van der Waals surface area contributed by atoms with Crippen LogP contribution in [-0.2, 0) is 0 Å². The second-order valence-electron chi connectivity index (χ2n) is 0.750. The first-order valence-corrected chi connectivity index (χ1v) is 1.67. The molecule has 0 saturated heterocycles. The molecule has 0 aromatic carbocycles. The zero-order valence-electron chi connectivity index (χ0n) is 2.90. The summed E-state index contributed by atoms with van der Waals surface area (Å²) in [5, 5.41) is 8.09. The van der Waals surface area contributed by atoms with E-state index < -0.39 is 0 Å². The molecule has 0 heterocycles. The highest BCUT2D eigenvalue weighted by Gasteiger charge is 1.65. The molecule has 0 atom stereocenters. The van der Waals surface area contributed by atoms with Crippen molar-refractivity contribution < 1.29 is 5.11 Å². The molecule has 0 spiro atoms. The molecule has 0 aromatic heterocycles. The van der Waals surface area contributed by atoms with E-state index in [1.54, 1.807) is 0 Å². The van der Waals surface area contributed by atoms with Crippen LogP contribution in [0.15, 0.2) is 11.3 Å². The maximum Gasteiger partial charge on any atom is 0.100 e. The van der Waals surface area contributed by atoms with E-state index in [1.165, 1.54) is 6.92 Å². The average molecular weight is 92.5 g/mol. The third-order valence-electron chi connectivity index (χ3n) is 0.158. The highest BCUT2D eigenvalue weighted by Crippen LogP contribution is 1.84. The van der Waals surface area contributed by atoms with E-state index in [1.807, 2.05) is 0 Å². The average Bonchev–Trinajstić information content (AvgIpc) is 1.38. The Morgan fingerprint density at radius 2 is 2.20 bits per heavy atom. The van der Waals surface area contributed by atoms with Gasteiger partial charge in [-0.25, -0.2) is 0 Å². The predicted molar refractivity (Wildman–Crippen MR) is 22.2 cm³/mol. The number of hydrogen-bond donors (Lipinski definition) is 1. The van der Waals surface area contributed by atoms with E-state index in [-0.39, 0.29) is 5.76 Å². The Morgan fingerprint density at radius 3 is 2.20 bits per heavy atom. The van der Waals surface area contributed by atoms with E-state index in [0.717, 1.165) is 5.54 Å². The third kappa shape index (κ3) is 3.83. The SMILES string of the molecule is CC(O)=CCl. The van der Waals surface area contributed by atoms with Gasteiger partial charge in [0.05, 0.1) is 0 Å². The maximum absolute atomic E-state index is 8.09. The monoisotopic (exact) mass is 92.0 g/mol. The van der Waals surface area contributed by atoms with Crippen LogP contribution in [0, 0.1) is 0 Å². The van der Waals surface area contributed by atoms with Crippen molar-refractivity contribution in [2.24, 2.45) is 0 Å². The molecule has 30 valence electrons. The summed E-state index contributed by atoms with van der Waals surface area (Å²) in [5.41, 5.74) is 1.11. The number of rotatable bonds is 0. The fraction of sp³-hybridized carbons (Fsp3) is 0.333. The van der Waals surface area contributed by atoms with Crippen molar-refractivity contribution in [1.29, 1.82) is 0 Å². The van der Waals surface area contributed by atoms with Crippen molar-refractivity contribution >= 4 is 11.6 Å². The van der Waals surface area contributed by atoms with E-state index in [0.29, 0.717) is 0 Å². The molecule has 0 rings (SSSR count). The molecule has 0 radical (unpaired) electrons. The Kier molecular flexibility index (Phi) is 2.02. The molecule has 0 bridgehead atoms. The Morgan fingerprint density at radius 1 is 2.00 bits per heavy atom. The second kappa shape index (κ2) is 2.09. The van der Waals surface area contributed by atoms with Crippen molar-refractivity contribution in [3.05, 3.63) is 11.3 Å². The van der Waals surface area contributed by atoms with Gasteiger partial charge in [0.1, 0.15) is 5.76 Å². The molecule has 5 heavy (non-hydrogen) atoms. The number of allylic oxidation sites excluding steroid dienone is 1. The summed E-state index contributed by atoms with van der Waals surface area (Å²) in [6.07, 6.45) is 0. The Balaban J connectivity index is 3.14. The highest BCUT2D eigenvalue weighted by molar-refractivity contribution is 6.25.